The summed E-state index contributed by atoms with van der Waals surface area (Å²) in [6.07, 6.45) is 1.81. The van der Waals surface area contributed by atoms with Gasteiger partial charge in [0.1, 0.15) is 5.82 Å². The van der Waals surface area contributed by atoms with Crippen LogP contribution in [0.25, 0.3) is 0 Å². The number of rotatable bonds is 1. The van der Waals surface area contributed by atoms with E-state index in [9.17, 15) is 4.39 Å². The average molecular weight is 243 g/mol. The molecule has 3 rings (SSSR count). The monoisotopic (exact) mass is 243 g/mol. The molecular formula is C14H14FN3. The van der Waals surface area contributed by atoms with Crippen LogP contribution in [0.2, 0.25) is 0 Å². The summed E-state index contributed by atoms with van der Waals surface area (Å²) in [5.74, 6) is 0.314. The number of nitrogens with zero attached hydrogens (tertiary/aromatic N) is 2. The fourth-order valence-corrected chi connectivity index (χ4v) is 2.53. The van der Waals surface area contributed by atoms with Crippen molar-refractivity contribution >= 4 is 5.82 Å². The van der Waals surface area contributed by atoms with Crippen molar-refractivity contribution in [2.24, 2.45) is 0 Å². The van der Waals surface area contributed by atoms with Gasteiger partial charge in [-0.25, -0.2) is 14.4 Å². The van der Waals surface area contributed by atoms with Gasteiger partial charge in [0.2, 0.25) is 0 Å². The third-order valence-corrected chi connectivity index (χ3v) is 3.48. The van der Waals surface area contributed by atoms with Crippen LogP contribution < -0.4 is 5.73 Å². The maximum Gasteiger partial charge on any atom is 0.186 e. The fraction of sp³-hybridized carbons (Fsp3) is 0.286. The molecule has 1 aliphatic rings. The zero-order chi connectivity index (χ0) is 12.7. The van der Waals surface area contributed by atoms with Crippen LogP contribution in [0.1, 0.15) is 28.6 Å². The van der Waals surface area contributed by atoms with Gasteiger partial charge in [0.05, 0.1) is 5.69 Å². The first-order chi connectivity index (χ1) is 8.65. The highest BCUT2D eigenvalue weighted by Gasteiger charge is 2.25. The van der Waals surface area contributed by atoms with E-state index in [0.717, 1.165) is 12.8 Å². The van der Waals surface area contributed by atoms with Gasteiger partial charge in [-0.3, -0.25) is 0 Å². The van der Waals surface area contributed by atoms with E-state index < -0.39 is 5.82 Å². The van der Waals surface area contributed by atoms with Crippen molar-refractivity contribution in [1.29, 1.82) is 0 Å². The molecule has 2 N–H and O–H groups in total. The van der Waals surface area contributed by atoms with Crippen LogP contribution in [0.5, 0.6) is 0 Å². The number of nitrogens with two attached hydrogens (primary N) is 1. The van der Waals surface area contributed by atoms with Crippen LogP contribution in [0, 0.1) is 12.7 Å². The average Bonchev–Trinajstić information content (AvgIpc) is 2.79. The number of benzene rings is 1. The molecule has 1 aromatic carbocycles. The largest absolute Gasteiger partial charge is 0.381 e. The Morgan fingerprint density at radius 2 is 1.78 bits per heavy atom. The number of fused-ring (bicyclic) bond motifs is 1. The fourth-order valence-electron chi connectivity index (χ4n) is 2.53. The molecule has 1 aromatic heterocycles. The van der Waals surface area contributed by atoms with Crippen molar-refractivity contribution in [3.63, 3.8) is 0 Å². The number of aryl methyl sites for hydroxylation is 1. The lowest BCUT2D eigenvalue weighted by Gasteiger charge is -2.09. The van der Waals surface area contributed by atoms with Crippen molar-refractivity contribution < 1.29 is 4.39 Å². The minimum absolute atomic E-state index is 0.0477. The Morgan fingerprint density at radius 1 is 1.17 bits per heavy atom. The molecule has 0 aliphatic heterocycles. The summed E-state index contributed by atoms with van der Waals surface area (Å²) < 4.78 is 13.4. The van der Waals surface area contributed by atoms with Gasteiger partial charge in [0.15, 0.2) is 11.6 Å². The first-order valence-corrected chi connectivity index (χ1v) is 6.01. The maximum absolute atomic E-state index is 13.4. The lowest BCUT2D eigenvalue weighted by Crippen LogP contribution is -2.10. The van der Waals surface area contributed by atoms with Gasteiger partial charge >= 0.3 is 0 Å². The van der Waals surface area contributed by atoms with E-state index in [1.165, 1.54) is 11.1 Å². The quantitative estimate of drug-likeness (QED) is 0.836. The Hall–Kier alpha value is -1.97. The molecular weight excluding hydrogens is 229 g/mol. The van der Waals surface area contributed by atoms with Crippen molar-refractivity contribution in [1.82, 2.24) is 9.97 Å². The lowest BCUT2D eigenvalue weighted by molar-refractivity contribution is 0.590. The summed E-state index contributed by atoms with van der Waals surface area (Å²) >= 11 is 0. The van der Waals surface area contributed by atoms with Crippen LogP contribution >= 0.6 is 0 Å². The highest BCUT2D eigenvalue weighted by Crippen LogP contribution is 2.32. The van der Waals surface area contributed by atoms with Crippen LogP contribution in [0.15, 0.2) is 24.3 Å². The number of nitrogen functional groups attached to an aromatic ring is 1. The molecule has 0 amide bonds. The molecule has 2 aromatic rings. The zero-order valence-corrected chi connectivity index (χ0v) is 10.2. The summed E-state index contributed by atoms with van der Waals surface area (Å²) in [7, 11) is 0. The molecule has 92 valence electrons. The second-order valence-electron chi connectivity index (χ2n) is 4.74. The normalized spacial score (nSPS) is 14.8. The molecule has 4 heteroatoms. The van der Waals surface area contributed by atoms with E-state index >= 15 is 0 Å². The predicted octanol–water partition coefficient (Wildman–Crippen LogP) is 2.39. The minimum atomic E-state index is -0.505. The van der Waals surface area contributed by atoms with E-state index in [1.54, 1.807) is 6.92 Å². The summed E-state index contributed by atoms with van der Waals surface area (Å²) in [5, 5.41) is 0. The minimum Gasteiger partial charge on any atom is -0.381 e. The van der Waals surface area contributed by atoms with Gasteiger partial charge < -0.3 is 5.73 Å². The Balaban J connectivity index is 1.95. The van der Waals surface area contributed by atoms with Gasteiger partial charge in [-0.05, 0) is 30.9 Å². The smallest absolute Gasteiger partial charge is 0.186 e. The third kappa shape index (κ3) is 1.74. The number of aromatic nitrogens is 2. The topological polar surface area (TPSA) is 51.8 Å². The second kappa shape index (κ2) is 4.05. The molecule has 0 atom stereocenters. The van der Waals surface area contributed by atoms with Crippen molar-refractivity contribution in [3.05, 3.63) is 52.7 Å². The molecule has 0 fully saturated rings. The van der Waals surface area contributed by atoms with Crippen LogP contribution in [0.3, 0.4) is 0 Å². The molecule has 0 saturated heterocycles. The molecule has 0 radical (unpaired) electrons. The summed E-state index contributed by atoms with van der Waals surface area (Å²) in [6.45, 7) is 1.62. The Kier molecular flexibility index (Phi) is 2.51. The van der Waals surface area contributed by atoms with Crippen molar-refractivity contribution in [3.8, 4) is 0 Å². The van der Waals surface area contributed by atoms with Crippen LogP contribution in [0.4, 0.5) is 10.2 Å². The molecule has 0 bridgehead atoms. The Bertz CT molecular complexity index is 562. The first kappa shape index (κ1) is 11.1. The number of halogens is 1. The predicted molar refractivity (Wildman–Crippen MR) is 67.7 cm³/mol. The van der Waals surface area contributed by atoms with Crippen molar-refractivity contribution in [2.45, 2.75) is 25.7 Å². The highest BCUT2D eigenvalue weighted by molar-refractivity contribution is 5.37. The van der Waals surface area contributed by atoms with Crippen molar-refractivity contribution in [2.75, 3.05) is 5.73 Å². The van der Waals surface area contributed by atoms with Gasteiger partial charge in [0.25, 0.3) is 0 Å². The Labute approximate surface area is 105 Å². The van der Waals surface area contributed by atoms with E-state index in [-0.39, 0.29) is 11.7 Å². The molecule has 3 nitrogen and oxygen atoms in total. The standard InChI is InChI=1S/C14H14FN3/c1-8-12(15)13(16)18-14(17-8)11-6-9-4-2-3-5-10(9)7-11/h2-5,11H,6-7H2,1H3,(H2,16,17,18). The second-order valence-corrected chi connectivity index (χ2v) is 4.74. The van der Waals surface area contributed by atoms with Gasteiger partial charge in [-0.15, -0.1) is 0 Å². The summed E-state index contributed by atoms with van der Waals surface area (Å²) in [5.41, 5.74) is 8.55. The Morgan fingerprint density at radius 3 is 2.33 bits per heavy atom. The molecule has 0 unspecified atom stereocenters. The van der Waals surface area contributed by atoms with E-state index in [2.05, 4.69) is 22.1 Å². The van der Waals surface area contributed by atoms with Crippen LogP contribution in [-0.2, 0) is 12.8 Å². The molecule has 0 spiro atoms. The molecule has 0 saturated carbocycles. The number of anilines is 1. The zero-order valence-electron chi connectivity index (χ0n) is 10.2. The van der Waals surface area contributed by atoms with Gasteiger partial charge in [0, 0.05) is 5.92 Å². The van der Waals surface area contributed by atoms with E-state index in [4.69, 9.17) is 5.73 Å². The van der Waals surface area contributed by atoms with Gasteiger partial charge in [-0.1, -0.05) is 24.3 Å². The maximum atomic E-state index is 13.4. The first-order valence-electron chi connectivity index (χ1n) is 6.01. The molecule has 1 heterocycles. The summed E-state index contributed by atoms with van der Waals surface area (Å²) in [4.78, 5) is 8.32. The van der Waals surface area contributed by atoms with Gasteiger partial charge in [-0.2, -0.15) is 0 Å². The number of hydrogen-bond acceptors (Lipinski definition) is 3. The highest BCUT2D eigenvalue weighted by atomic mass is 19.1. The third-order valence-electron chi connectivity index (χ3n) is 3.48. The molecule has 18 heavy (non-hydrogen) atoms. The van der Waals surface area contributed by atoms with E-state index in [0.29, 0.717) is 11.5 Å². The lowest BCUT2D eigenvalue weighted by atomic mass is 10.1. The molecule has 1 aliphatic carbocycles. The number of hydrogen-bond donors (Lipinski definition) is 1. The summed E-state index contributed by atoms with van der Waals surface area (Å²) in [6, 6.07) is 8.31. The van der Waals surface area contributed by atoms with E-state index in [1.807, 2.05) is 12.1 Å². The van der Waals surface area contributed by atoms with Crippen LogP contribution in [-0.4, -0.2) is 9.97 Å². The SMILES string of the molecule is Cc1nc(C2Cc3ccccc3C2)nc(N)c1F.